The molecule has 0 radical (unpaired) electrons. The zero-order valence-corrected chi connectivity index (χ0v) is 10.7. The minimum atomic E-state index is -0.875. The van der Waals surface area contributed by atoms with Crippen molar-refractivity contribution in [3.8, 4) is 12.1 Å². The Hall–Kier alpha value is -2.85. The quantitative estimate of drug-likeness (QED) is 0.776. The monoisotopic (exact) mass is 264 g/mol. The van der Waals surface area contributed by atoms with E-state index in [2.05, 4.69) is 0 Å². The first-order valence-electron chi connectivity index (χ1n) is 6.16. The minimum absolute atomic E-state index is 0.0905. The van der Waals surface area contributed by atoms with E-state index >= 15 is 0 Å². The Balaban J connectivity index is 2.24. The molecule has 0 aliphatic heterocycles. The van der Waals surface area contributed by atoms with Crippen LogP contribution in [0.15, 0.2) is 53.3 Å². The highest BCUT2D eigenvalue weighted by Gasteiger charge is 2.27. The number of carbonyl (C=O) groups is 1. The van der Waals surface area contributed by atoms with Gasteiger partial charge in [0.2, 0.25) is 0 Å². The van der Waals surface area contributed by atoms with Crippen molar-refractivity contribution < 1.29 is 9.21 Å². The van der Waals surface area contributed by atoms with Crippen molar-refractivity contribution in [2.75, 3.05) is 0 Å². The molecule has 4 heteroatoms. The van der Waals surface area contributed by atoms with Gasteiger partial charge in [0, 0.05) is 17.9 Å². The van der Waals surface area contributed by atoms with Crippen molar-refractivity contribution in [2.24, 2.45) is 5.92 Å². The molecule has 0 saturated heterocycles. The normalized spacial score (nSPS) is 11.6. The van der Waals surface area contributed by atoms with Crippen LogP contribution in [0.2, 0.25) is 0 Å². The van der Waals surface area contributed by atoms with Crippen LogP contribution in [-0.2, 0) is 0 Å². The van der Waals surface area contributed by atoms with Crippen LogP contribution in [0.1, 0.15) is 28.3 Å². The predicted octanol–water partition coefficient (Wildman–Crippen LogP) is 3.30. The molecule has 2 rings (SSSR count). The van der Waals surface area contributed by atoms with Crippen molar-refractivity contribution >= 4 is 5.78 Å². The molecule has 0 saturated carbocycles. The van der Waals surface area contributed by atoms with Crippen molar-refractivity contribution in [3.63, 3.8) is 0 Å². The molecule has 0 amide bonds. The van der Waals surface area contributed by atoms with Gasteiger partial charge in [0.15, 0.2) is 5.78 Å². The number of nitriles is 2. The molecule has 0 fully saturated rings. The third kappa shape index (κ3) is 2.93. The molecular weight excluding hydrogens is 252 g/mol. The second-order valence-corrected chi connectivity index (χ2v) is 4.39. The molecule has 98 valence electrons. The fraction of sp³-hybridized carbons (Fsp3) is 0.188. The van der Waals surface area contributed by atoms with E-state index in [9.17, 15) is 4.79 Å². The summed E-state index contributed by atoms with van der Waals surface area (Å²) in [6.07, 6.45) is 3.06. The number of carbonyl (C=O) groups excluding carboxylic acids is 1. The highest BCUT2D eigenvalue weighted by Crippen LogP contribution is 2.29. The maximum absolute atomic E-state index is 12.2. The van der Waals surface area contributed by atoms with Crippen LogP contribution < -0.4 is 0 Å². The third-order valence-corrected chi connectivity index (χ3v) is 3.15. The van der Waals surface area contributed by atoms with E-state index in [-0.39, 0.29) is 12.2 Å². The summed E-state index contributed by atoms with van der Waals surface area (Å²) in [5.41, 5.74) is 1.28. The molecule has 4 nitrogen and oxygen atoms in total. The van der Waals surface area contributed by atoms with Gasteiger partial charge in [-0.05, 0) is 11.6 Å². The average molecular weight is 264 g/mol. The van der Waals surface area contributed by atoms with Crippen LogP contribution in [0.25, 0.3) is 0 Å². The van der Waals surface area contributed by atoms with E-state index in [1.165, 1.54) is 12.5 Å². The number of hydrogen-bond donors (Lipinski definition) is 0. The van der Waals surface area contributed by atoms with Gasteiger partial charge in [0.25, 0.3) is 0 Å². The van der Waals surface area contributed by atoms with E-state index in [1.807, 2.05) is 18.2 Å². The largest absolute Gasteiger partial charge is 0.472 e. The second-order valence-electron chi connectivity index (χ2n) is 4.39. The summed E-state index contributed by atoms with van der Waals surface area (Å²) in [4.78, 5) is 12.2. The van der Waals surface area contributed by atoms with Gasteiger partial charge in [-0.3, -0.25) is 4.79 Å². The lowest BCUT2D eigenvalue weighted by atomic mass is 9.84. The summed E-state index contributed by atoms with van der Waals surface area (Å²) >= 11 is 0. The average Bonchev–Trinajstić information content (AvgIpc) is 3.02. The first-order valence-corrected chi connectivity index (χ1v) is 6.16. The Morgan fingerprint density at radius 3 is 2.40 bits per heavy atom. The Kier molecular flexibility index (Phi) is 4.32. The van der Waals surface area contributed by atoms with Gasteiger partial charge in [-0.1, -0.05) is 30.3 Å². The van der Waals surface area contributed by atoms with Crippen molar-refractivity contribution in [2.45, 2.75) is 12.3 Å². The second kappa shape index (κ2) is 6.36. The van der Waals surface area contributed by atoms with Crippen molar-refractivity contribution in [1.29, 1.82) is 10.5 Å². The minimum Gasteiger partial charge on any atom is -0.472 e. The topological polar surface area (TPSA) is 77.8 Å². The Labute approximate surface area is 116 Å². The number of Topliss-reactive ketones (excluding diaryl/α,β-unsaturated/α-hetero) is 1. The van der Waals surface area contributed by atoms with E-state index in [0.717, 1.165) is 0 Å². The summed E-state index contributed by atoms with van der Waals surface area (Å²) in [5.74, 6) is -1.44. The van der Waals surface area contributed by atoms with Gasteiger partial charge in [-0.25, -0.2) is 0 Å². The standard InChI is InChI=1S/C16H12N2O2/c17-9-14(10-18)15(13-6-7-20-11-13)8-16(19)12-4-2-1-3-5-12/h1-7,11,14-15H,8H2/t15-/m0/s1. The fourth-order valence-electron chi connectivity index (χ4n) is 2.06. The summed E-state index contributed by atoms with van der Waals surface area (Å²) in [6, 6.07) is 14.4. The predicted molar refractivity (Wildman–Crippen MR) is 71.6 cm³/mol. The lowest BCUT2D eigenvalue weighted by Gasteiger charge is -2.14. The molecule has 1 heterocycles. The van der Waals surface area contributed by atoms with Crippen LogP contribution in [-0.4, -0.2) is 5.78 Å². The van der Waals surface area contributed by atoms with Gasteiger partial charge in [0.05, 0.1) is 24.7 Å². The van der Waals surface area contributed by atoms with Crippen LogP contribution in [0.4, 0.5) is 0 Å². The fourth-order valence-corrected chi connectivity index (χ4v) is 2.06. The molecule has 2 aromatic rings. The van der Waals surface area contributed by atoms with Gasteiger partial charge in [-0.15, -0.1) is 0 Å². The van der Waals surface area contributed by atoms with E-state index in [0.29, 0.717) is 11.1 Å². The zero-order valence-electron chi connectivity index (χ0n) is 10.7. The highest BCUT2D eigenvalue weighted by molar-refractivity contribution is 5.96. The lowest BCUT2D eigenvalue weighted by Crippen LogP contribution is -2.14. The van der Waals surface area contributed by atoms with E-state index < -0.39 is 11.8 Å². The molecule has 0 bridgehead atoms. The van der Waals surface area contributed by atoms with Crippen LogP contribution in [0, 0.1) is 28.6 Å². The molecule has 0 spiro atoms. The highest BCUT2D eigenvalue weighted by atomic mass is 16.3. The third-order valence-electron chi connectivity index (χ3n) is 3.15. The Morgan fingerprint density at radius 2 is 1.85 bits per heavy atom. The lowest BCUT2D eigenvalue weighted by molar-refractivity contribution is 0.0970. The Morgan fingerprint density at radius 1 is 1.15 bits per heavy atom. The SMILES string of the molecule is N#CC(C#N)[C@@H](CC(=O)c1ccccc1)c1ccoc1. The molecule has 1 aromatic heterocycles. The molecular formula is C16H12N2O2. The zero-order chi connectivity index (χ0) is 14.4. The molecule has 1 aromatic carbocycles. The van der Waals surface area contributed by atoms with Crippen LogP contribution in [0.3, 0.4) is 0 Å². The van der Waals surface area contributed by atoms with Gasteiger partial charge in [0.1, 0.15) is 5.92 Å². The number of benzene rings is 1. The van der Waals surface area contributed by atoms with Crippen LogP contribution >= 0.6 is 0 Å². The molecule has 1 atom stereocenters. The van der Waals surface area contributed by atoms with Crippen molar-refractivity contribution in [1.82, 2.24) is 0 Å². The maximum Gasteiger partial charge on any atom is 0.163 e. The summed E-state index contributed by atoms with van der Waals surface area (Å²) in [6.45, 7) is 0. The van der Waals surface area contributed by atoms with Gasteiger partial charge in [-0.2, -0.15) is 10.5 Å². The molecule has 0 unspecified atom stereocenters. The number of ketones is 1. The summed E-state index contributed by atoms with van der Waals surface area (Å²) < 4.78 is 4.99. The number of furan rings is 1. The maximum atomic E-state index is 12.2. The van der Waals surface area contributed by atoms with Gasteiger partial charge >= 0.3 is 0 Å². The van der Waals surface area contributed by atoms with Gasteiger partial charge < -0.3 is 4.42 Å². The van der Waals surface area contributed by atoms with E-state index in [4.69, 9.17) is 14.9 Å². The summed E-state index contributed by atoms with van der Waals surface area (Å²) in [7, 11) is 0. The molecule has 0 N–H and O–H groups in total. The van der Waals surface area contributed by atoms with E-state index in [1.54, 1.807) is 30.3 Å². The first-order chi connectivity index (χ1) is 9.76. The van der Waals surface area contributed by atoms with Crippen LogP contribution in [0.5, 0.6) is 0 Å². The first kappa shape index (κ1) is 13.6. The molecule has 0 aliphatic carbocycles. The van der Waals surface area contributed by atoms with Crippen molar-refractivity contribution in [3.05, 3.63) is 60.1 Å². The number of rotatable bonds is 5. The number of nitrogens with zero attached hydrogens (tertiary/aromatic N) is 2. The summed E-state index contributed by atoms with van der Waals surface area (Å²) in [5, 5.41) is 18.1. The Bertz CT molecular complexity index is 634. The molecule has 0 aliphatic rings. The smallest absolute Gasteiger partial charge is 0.163 e. The number of hydrogen-bond acceptors (Lipinski definition) is 4. The molecule has 20 heavy (non-hydrogen) atoms.